The summed E-state index contributed by atoms with van der Waals surface area (Å²) in [6.45, 7) is 7.22. The Morgan fingerprint density at radius 3 is 2.43 bits per heavy atom. The summed E-state index contributed by atoms with van der Waals surface area (Å²) in [4.78, 5) is 14.5. The average Bonchev–Trinajstić information content (AvgIpc) is 2.49. The Kier molecular flexibility index (Phi) is 5.34. The summed E-state index contributed by atoms with van der Waals surface area (Å²) < 4.78 is 12.8. The molecule has 1 aromatic rings. The zero-order valence-corrected chi connectivity index (χ0v) is 13.0. The van der Waals surface area contributed by atoms with Crippen LogP contribution in [0.4, 0.5) is 4.39 Å². The maximum Gasteiger partial charge on any atom is 0.224 e. The number of likely N-dealkylation sites (tertiary alicyclic amines) is 1. The van der Waals surface area contributed by atoms with Crippen molar-refractivity contribution in [3.63, 3.8) is 0 Å². The predicted molar refractivity (Wildman–Crippen MR) is 82.6 cm³/mol. The molecule has 21 heavy (non-hydrogen) atoms. The third-order valence-electron chi connectivity index (χ3n) is 4.21. The van der Waals surface area contributed by atoms with Gasteiger partial charge in [-0.1, -0.05) is 18.6 Å². The molecular weight excluding hydrogens is 267 g/mol. The molecule has 0 radical (unpaired) electrons. The lowest BCUT2D eigenvalue weighted by molar-refractivity contribution is -0.121. The van der Waals surface area contributed by atoms with Gasteiger partial charge in [0.15, 0.2) is 0 Å². The van der Waals surface area contributed by atoms with Gasteiger partial charge < -0.3 is 5.32 Å². The largest absolute Gasteiger partial charge is 0.354 e. The number of carbonyl (C=O) groups excluding carboxylic acids is 1. The van der Waals surface area contributed by atoms with E-state index in [1.807, 2.05) is 0 Å². The van der Waals surface area contributed by atoms with Crippen LogP contribution in [0.15, 0.2) is 24.3 Å². The van der Waals surface area contributed by atoms with Gasteiger partial charge in [0.1, 0.15) is 5.82 Å². The van der Waals surface area contributed by atoms with E-state index in [-0.39, 0.29) is 17.3 Å². The highest BCUT2D eigenvalue weighted by molar-refractivity contribution is 5.78. The molecule has 0 aromatic heterocycles. The summed E-state index contributed by atoms with van der Waals surface area (Å²) >= 11 is 0. The highest BCUT2D eigenvalue weighted by Crippen LogP contribution is 2.19. The third kappa shape index (κ3) is 4.81. The molecule has 0 atom stereocenters. The smallest absolute Gasteiger partial charge is 0.224 e. The highest BCUT2D eigenvalue weighted by atomic mass is 19.1. The third-order valence-corrected chi connectivity index (χ3v) is 4.21. The van der Waals surface area contributed by atoms with E-state index >= 15 is 0 Å². The van der Waals surface area contributed by atoms with Gasteiger partial charge >= 0.3 is 0 Å². The van der Waals surface area contributed by atoms with Crippen LogP contribution in [0.5, 0.6) is 0 Å². The molecule has 1 aromatic carbocycles. The van der Waals surface area contributed by atoms with Crippen molar-refractivity contribution in [2.24, 2.45) is 0 Å². The van der Waals surface area contributed by atoms with Crippen molar-refractivity contribution < 1.29 is 9.18 Å². The van der Waals surface area contributed by atoms with Crippen molar-refractivity contribution in [2.45, 2.75) is 45.1 Å². The molecule has 0 bridgehead atoms. The van der Waals surface area contributed by atoms with Crippen LogP contribution in [-0.4, -0.2) is 36.0 Å². The number of amides is 1. The van der Waals surface area contributed by atoms with Crippen molar-refractivity contribution in [1.82, 2.24) is 10.2 Å². The van der Waals surface area contributed by atoms with E-state index in [2.05, 4.69) is 24.1 Å². The number of halogens is 1. The maximum atomic E-state index is 12.8. The lowest BCUT2D eigenvalue weighted by Crippen LogP contribution is -2.53. The standard InChI is InChI=1S/C17H25FN2O/c1-17(2,20-10-4-3-5-11-20)13-19-16(21)12-14-6-8-15(18)9-7-14/h6-9H,3-5,10-13H2,1-2H3,(H,19,21). The number of hydrogen-bond donors (Lipinski definition) is 1. The van der Waals surface area contributed by atoms with E-state index in [0.717, 1.165) is 18.7 Å². The molecule has 1 fully saturated rings. The Labute approximate surface area is 126 Å². The van der Waals surface area contributed by atoms with Crippen LogP contribution >= 0.6 is 0 Å². The molecule has 1 saturated heterocycles. The van der Waals surface area contributed by atoms with Crippen LogP contribution in [0.1, 0.15) is 38.7 Å². The summed E-state index contributed by atoms with van der Waals surface area (Å²) in [6, 6.07) is 6.09. The lowest BCUT2D eigenvalue weighted by Gasteiger charge is -2.41. The number of nitrogens with zero attached hydrogens (tertiary/aromatic N) is 1. The van der Waals surface area contributed by atoms with E-state index in [4.69, 9.17) is 0 Å². The monoisotopic (exact) mass is 292 g/mol. The molecule has 1 aliphatic rings. The molecule has 0 aliphatic carbocycles. The zero-order valence-electron chi connectivity index (χ0n) is 13.0. The Bertz CT molecular complexity index is 464. The molecular formula is C17H25FN2O. The molecule has 1 N–H and O–H groups in total. The summed E-state index contributed by atoms with van der Waals surface area (Å²) in [5.41, 5.74) is 0.823. The summed E-state index contributed by atoms with van der Waals surface area (Å²) in [5, 5.41) is 3.01. The van der Waals surface area contributed by atoms with Gasteiger partial charge in [0.2, 0.25) is 5.91 Å². The Balaban J connectivity index is 1.81. The van der Waals surface area contributed by atoms with Gasteiger partial charge in [0.25, 0.3) is 0 Å². The maximum absolute atomic E-state index is 12.8. The first-order valence-corrected chi connectivity index (χ1v) is 7.73. The van der Waals surface area contributed by atoms with Crippen molar-refractivity contribution in [3.05, 3.63) is 35.6 Å². The van der Waals surface area contributed by atoms with Crippen LogP contribution in [0.25, 0.3) is 0 Å². The normalized spacial score (nSPS) is 16.7. The molecule has 3 nitrogen and oxygen atoms in total. The first kappa shape index (κ1) is 16.0. The van der Waals surface area contributed by atoms with Crippen molar-refractivity contribution in [2.75, 3.05) is 19.6 Å². The van der Waals surface area contributed by atoms with Crippen LogP contribution < -0.4 is 5.32 Å². The van der Waals surface area contributed by atoms with Crippen LogP contribution in [-0.2, 0) is 11.2 Å². The van der Waals surface area contributed by atoms with E-state index in [1.54, 1.807) is 12.1 Å². The van der Waals surface area contributed by atoms with Gasteiger partial charge in [-0.2, -0.15) is 0 Å². The minimum absolute atomic E-state index is 0.00769. The average molecular weight is 292 g/mol. The van der Waals surface area contributed by atoms with E-state index < -0.39 is 0 Å². The second kappa shape index (κ2) is 7.03. The van der Waals surface area contributed by atoms with Crippen molar-refractivity contribution >= 4 is 5.91 Å². The predicted octanol–water partition coefficient (Wildman–Crippen LogP) is 2.75. The Hall–Kier alpha value is -1.42. The van der Waals surface area contributed by atoms with Crippen LogP contribution in [0.2, 0.25) is 0 Å². The van der Waals surface area contributed by atoms with Crippen molar-refractivity contribution in [1.29, 1.82) is 0 Å². The Morgan fingerprint density at radius 1 is 1.19 bits per heavy atom. The minimum atomic E-state index is -0.273. The summed E-state index contributed by atoms with van der Waals surface area (Å²) in [7, 11) is 0. The number of carbonyl (C=O) groups is 1. The number of nitrogens with one attached hydrogen (secondary N) is 1. The summed E-state index contributed by atoms with van der Waals surface area (Å²) in [6.07, 6.45) is 4.10. The van der Waals surface area contributed by atoms with E-state index in [1.165, 1.54) is 31.4 Å². The molecule has 1 amide bonds. The number of piperidine rings is 1. The van der Waals surface area contributed by atoms with Crippen LogP contribution in [0, 0.1) is 5.82 Å². The topological polar surface area (TPSA) is 32.3 Å². The van der Waals surface area contributed by atoms with Crippen LogP contribution in [0.3, 0.4) is 0 Å². The quantitative estimate of drug-likeness (QED) is 0.905. The zero-order chi connectivity index (χ0) is 15.3. The molecule has 0 saturated carbocycles. The fraction of sp³-hybridized carbons (Fsp3) is 0.588. The molecule has 0 unspecified atom stereocenters. The molecule has 4 heteroatoms. The first-order valence-electron chi connectivity index (χ1n) is 7.73. The van der Waals surface area contributed by atoms with Gasteiger partial charge in [0, 0.05) is 12.1 Å². The van der Waals surface area contributed by atoms with E-state index in [0.29, 0.717) is 13.0 Å². The number of hydrogen-bond acceptors (Lipinski definition) is 2. The fourth-order valence-electron chi connectivity index (χ4n) is 2.78. The number of benzene rings is 1. The van der Waals surface area contributed by atoms with Crippen molar-refractivity contribution in [3.8, 4) is 0 Å². The van der Waals surface area contributed by atoms with Gasteiger partial charge in [0.05, 0.1) is 6.42 Å². The van der Waals surface area contributed by atoms with Gasteiger partial charge in [-0.05, 0) is 57.5 Å². The fourth-order valence-corrected chi connectivity index (χ4v) is 2.78. The van der Waals surface area contributed by atoms with Gasteiger partial charge in [-0.25, -0.2) is 4.39 Å². The lowest BCUT2D eigenvalue weighted by atomic mass is 9.98. The van der Waals surface area contributed by atoms with E-state index in [9.17, 15) is 9.18 Å². The highest BCUT2D eigenvalue weighted by Gasteiger charge is 2.28. The minimum Gasteiger partial charge on any atom is -0.354 e. The molecule has 116 valence electrons. The molecule has 2 rings (SSSR count). The van der Waals surface area contributed by atoms with Gasteiger partial charge in [-0.3, -0.25) is 9.69 Å². The number of rotatable bonds is 5. The summed E-state index contributed by atoms with van der Waals surface area (Å²) in [5.74, 6) is -0.280. The Morgan fingerprint density at radius 2 is 1.81 bits per heavy atom. The second-order valence-corrected chi connectivity index (χ2v) is 6.44. The molecule has 1 aliphatic heterocycles. The molecule has 1 heterocycles. The molecule has 0 spiro atoms. The first-order chi connectivity index (χ1) is 9.97. The SMILES string of the molecule is CC(C)(CNC(=O)Cc1ccc(F)cc1)N1CCCCC1. The second-order valence-electron chi connectivity index (χ2n) is 6.44. The van der Waals surface area contributed by atoms with Gasteiger partial charge in [-0.15, -0.1) is 0 Å².